The van der Waals surface area contributed by atoms with E-state index in [-0.39, 0.29) is 17.6 Å². The molecule has 0 saturated heterocycles. The van der Waals surface area contributed by atoms with Gasteiger partial charge in [-0.2, -0.15) is 0 Å². The molecule has 0 aliphatic heterocycles. The minimum Gasteiger partial charge on any atom is -0.508 e. The second kappa shape index (κ2) is 7.18. The van der Waals surface area contributed by atoms with Crippen LogP contribution in [0.5, 0.6) is 11.5 Å². The summed E-state index contributed by atoms with van der Waals surface area (Å²) < 4.78 is 5.47. The molecule has 0 aliphatic rings. The summed E-state index contributed by atoms with van der Waals surface area (Å²) in [6.45, 7) is 5.60. The molecule has 0 aliphatic carbocycles. The van der Waals surface area contributed by atoms with Crippen LogP contribution in [0.3, 0.4) is 0 Å². The van der Waals surface area contributed by atoms with E-state index in [1.165, 1.54) is 0 Å². The standard InChI is InChI=1S/C19H23NO3/c1-5-13-6-7-14(10-17(13)21)15-8-9-16(20-4)18(11-15)23-19(22)12(2)3/h6-12,20-21H,5H2,1-4H3. The number of anilines is 1. The van der Waals surface area contributed by atoms with Crippen LogP contribution >= 0.6 is 0 Å². The number of phenolic OH excluding ortho intramolecular Hbond substituents is 1. The summed E-state index contributed by atoms with van der Waals surface area (Å²) in [4.78, 5) is 11.9. The Morgan fingerprint density at radius 3 is 2.39 bits per heavy atom. The zero-order chi connectivity index (χ0) is 17.0. The summed E-state index contributed by atoms with van der Waals surface area (Å²) in [6, 6.07) is 11.2. The molecule has 0 aromatic heterocycles. The Morgan fingerprint density at radius 1 is 1.17 bits per heavy atom. The number of aromatic hydroxyl groups is 1. The Bertz CT molecular complexity index is 708. The quantitative estimate of drug-likeness (QED) is 0.641. The Hall–Kier alpha value is -2.49. The summed E-state index contributed by atoms with van der Waals surface area (Å²) in [5.41, 5.74) is 3.42. The Labute approximate surface area is 137 Å². The fraction of sp³-hybridized carbons (Fsp3) is 0.316. The summed E-state index contributed by atoms with van der Waals surface area (Å²) in [6.07, 6.45) is 0.780. The molecule has 0 heterocycles. The predicted octanol–water partition coefficient (Wildman–Crippen LogP) is 4.22. The Kier molecular flexibility index (Phi) is 5.27. The average Bonchev–Trinajstić information content (AvgIpc) is 2.54. The molecule has 122 valence electrons. The van der Waals surface area contributed by atoms with Crippen LogP contribution in [0.1, 0.15) is 26.3 Å². The van der Waals surface area contributed by atoms with Gasteiger partial charge in [0.1, 0.15) is 5.75 Å². The van der Waals surface area contributed by atoms with Crippen LogP contribution in [0.15, 0.2) is 36.4 Å². The van der Waals surface area contributed by atoms with Gasteiger partial charge < -0.3 is 15.2 Å². The lowest BCUT2D eigenvalue weighted by Crippen LogP contribution is -2.15. The van der Waals surface area contributed by atoms with Gasteiger partial charge in [0.2, 0.25) is 0 Å². The number of ether oxygens (including phenoxy) is 1. The van der Waals surface area contributed by atoms with E-state index in [1.54, 1.807) is 27.0 Å². The van der Waals surface area contributed by atoms with Crippen molar-refractivity contribution < 1.29 is 14.6 Å². The number of benzene rings is 2. The number of carbonyl (C=O) groups is 1. The topological polar surface area (TPSA) is 58.6 Å². The number of rotatable bonds is 5. The van der Waals surface area contributed by atoms with Gasteiger partial charge in [-0.05, 0) is 41.3 Å². The molecule has 2 aromatic carbocycles. The number of nitrogens with one attached hydrogen (secondary N) is 1. The van der Waals surface area contributed by atoms with Gasteiger partial charge >= 0.3 is 5.97 Å². The third-order valence-corrected chi connectivity index (χ3v) is 3.73. The molecule has 2 rings (SSSR count). The summed E-state index contributed by atoms with van der Waals surface area (Å²) >= 11 is 0. The van der Waals surface area contributed by atoms with Crippen LogP contribution in [0.2, 0.25) is 0 Å². The molecule has 0 bridgehead atoms. The van der Waals surface area contributed by atoms with E-state index in [2.05, 4.69) is 5.32 Å². The van der Waals surface area contributed by atoms with Gasteiger partial charge in [-0.15, -0.1) is 0 Å². The van der Waals surface area contributed by atoms with E-state index < -0.39 is 0 Å². The Balaban J connectivity index is 2.40. The maximum atomic E-state index is 11.9. The van der Waals surface area contributed by atoms with Crippen molar-refractivity contribution in [2.75, 3.05) is 12.4 Å². The monoisotopic (exact) mass is 313 g/mol. The molecule has 0 amide bonds. The number of carbonyl (C=O) groups excluding carboxylic acids is 1. The van der Waals surface area contributed by atoms with Crippen LogP contribution in [-0.4, -0.2) is 18.1 Å². The molecule has 0 atom stereocenters. The highest BCUT2D eigenvalue weighted by Gasteiger charge is 2.14. The van der Waals surface area contributed by atoms with Crippen molar-refractivity contribution in [1.29, 1.82) is 0 Å². The fourth-order valence-electron chi connectivity index (χ4n) is 2.26. The maximum Gasteiger partial charge on any atom is 0.313 e. The molecular weight excluding hydrogens is 290 g/mol. The van der Waals surface area contributed by atoms with E-state index in [9.17, 15) is 9.90 Å². The zero-order valence-corrected chi connectivity index (χ0v) is 14.0. The molecule has 0 radical (unpaired) electrons. The highest BCUT2D eigenvalue weighted by molar-refractivity contribution is 5.79. The van der Waals surface area contributed by atoms with Crippen molar-refractivity contribution in [3.8, 4) is 22.6 Å². The largest absolute Gasteiger partial charge is 0.508 e. The van der Waals surface area contributed by atoms with Gasteiger partial charge in [0.05, 0.1) is 11.6 Å². The minimum atomic E-state index is -0.275. The van der Waals surface area contributed by atoms with Crippen LogP contribution in [0.4, 0.5) is 5.69 Å². The van der Waals surface area contributed by atoms with Crippen molar-refractivity contribution in [2.24, 2.45) is 5.92 Å². The number of aryl methyl sites for hydroxylation is 1. The zero-order valence-electron chi connectivity index (χ0n) is 14.0. The number of hydrogen-bond acceptors (Lipinski definition) is 4. The minimum absolute atomic E-state index is 0.198. The van der Waals surface area contributed by atoms with Gasteiger partial charge in [0, 0.05) is 7.05 Å². The molecule has 2 N–H and O–H groups in total. The summed E-state index contributed by atoms with van der Waals surface area (Å²) in [5, 5.41) is 13.1. The molecule has 0 unspecified atom stereocenters. The first-order valence-electron chi connectivity index (χ1n) is 7.82. The SMILES string of the molecule is CCc1ccc(-c2ccc(NC)c(OC(=O)C(C)C)c2)cc1O. The van der Waals surface area contributed by atoms with Crippen LogP contribution < -0.4 is 10.1 Å². The lowest BCUT2D eigenvalue weighted by molar-refractivity contribution is -0.137. The number of phenols is 1. The molecule has 0 spiro atoms. The van der Waals surface area contributed by atoms with E-state index in [0.717, 1.165) is 28.8 Å². The molecule has 4 nitrogen and oxygen atoms in total. The lowest BCUT2D eigenvalue weighted by atomic mass is 10.0. The first-order chi connectivity index (χ1) is 11.0. The summed E-state index contributed by atoms with van der Waals surface area (Å²) in [7, 11) is 1.78. The molecule has 0 saturated carbocycles. The van der Waals surface area contributed by atoms with Gasteiger partial charge in [-0.3, -0.25) is 4.79 Å². The second-order valence-corrected chi connectivity index (χ2v) is 5.73. The molecule has 2 aromatic rings. The predicted molar refractivity (Wildman–Crippen MR) is 92.9 cm³/mol. The lowest BCUT2D eigenvalue weighted by Gasteiger charge is -2.13. The van der Waals surface area contributed by atoms with Crippen molar-refractivity contribution in [3.63, 3.8) is 0 Å². The highest BCUT2D eigenvalue weighted by Crippen LogP contribution is 2.33. The first-order valence-corrected chi connectivity index (χ1v) is 7.82. The van der Waals surface area contributed by atoms with E-state index >= 15 is 0 Å². The third-order valence-electron chi connectivity index (χ3n) is 3.73. The number of hydrogen-bond donors (Lipinski definition) is 2. The second-order valence-electron chi connectivity index (χ2n) is 5.73. The van der Waals surface area contributed by atoms with Crippen molar-refractivity contribution in [2.45, 2.75) is 27.2 Å². The van der Waals surface area contributed by atoms with Crippen molar-refractivity contribution >= 4 is 11.7 Å². The van der Waals surface area contributed by atoms with Gasteiger partial charge in [0.15, 0.2) is 5.75 Å². The van der Waals surface area contributed by atoms with Crippen LogP contribution in [0, 0.1) is 5.92 Å². The fourth-order valence-corrected chi connectivity index (χ4v) is 2.26. The molecular formula is C19H23NO3. The van der Waals surface area contributed by atoms with Gasteiger partial charge in [-0.1, -0.05) is 39.0 Å². The summed E-state index contributed by atoms with van der Waals surface area (Å²) in [5.74, 6) is 0.297. The van der Waals surface area contributed by atoms with Crippen LogP contribution in [-0.2, 0) is 11.2 Å². The molecule has 0 fully saturated rings. The van der Waals surface area contributed by atoms with Crippen molar-refractivity contribution in [3.05, 3.63) is 42.0 Å². The van der Waals surface area contributed by atoms with Gasteiger partial charge in [-0.25, -0.2) is 0 Å². The van der Waals surface area contributed by atoms with Gasteiger partial charge in [0.25, 0.3) is 0 Å². The maximum absolute atomic E-state index is 11.9. The smallest absolute Gasteiger partial charge is 0.313 e. The van der Waals surface area contributed by atoms with Crippen molar-refractivity contribution in [1.82, 2.24) is 0 Å². The van der Waals surface area contributed by atoms with E-state index in [0.29, 0.717) is 5.75 Å². The Morgan fingerprint density at radius 2 is 1.83 bits per heavy atom. The van der Waals surface area contributed by atoms with Crippen LogP contribution in [0.25, 0.3) is 11.1 Å². The average molecular weight is 313 g/mol. The first kappa shape index (κ1) is 16.9. The van der Waals surface area contributed by atoms with E-state index in [1.807, 2.05) is 37.3 Å². The molecule has 23 heavy (non-hydrogen) atoms. The highest BCUT2D eigenvalue weighted by atomic mass is 16.5. The number of esters is 1. The molecule has 4 heteroatoms. The normalized spacial score (nSPS) is 10.7. The third kappa shape index (κ3) is 3.83. The van der Waals surface area contributed by atoms with E-state index in [4.69, 9.17) is 4.74 Å².